The highest BCUT2D eigenvalue weighted by atomic mass is 32.2. The molecule has 0 aromatic heterocycles. The van der Waals surface area contributed by atoms with Crippen molar-refractivity contribution in [2.75, 3.05) is 7.11 Å². The Morgan fingerprint density at radius 1 is 1.44 bits per heavy atom. The molecule has 0 aromatic rings. The lowest BCUT2D eigenvalue weighted by Crippen LogP contribution is -2.23. The Balaban J connectivity index is 0. The molecule has 0 saturated heterocycles. The number of rotatable bonds is 1. The van der Waals surface area contributed by atoms with Gasteiger partial charge in [-0.1, -0.05) is 0 Å². The molecule has 0 saturated carbocycles. The maximum absolute atomic E-state index is 11.1. The Kier molecular flexibility index (Phi) is 2.07. The van der Waals surface area contributed by atoms with E-state index >= 15 is 0 Å². The van der Waals surface area contributed by atoms with Gasteiger partial charge in [0.1, 0.15) is 0 Å². The van der Waals surface area contributed by atoms with Crippen molar-refractivity contribution >= 4 is 10.1 Å². The molecule has 0 aliphatic rings. The van der Waals surface area contributed by atoms with Crippen molar-refractivity contribution in [3.05, 3.63) is 0 Å². The average molecular weight is 166 g/mol. The van der Waals surface area contributed by atoms with Crippen LogP contribution in [0.2, 0.25) is 0 Å². The van der Waals surface area contributed by atoms with Gasteiger partial charge in [-0.15, -0.1) is 0 Å². The summed E-state index contributed by atoms with van der Waals surface area (Å²) in [6.45, 7) is 0. The molecule has 0 heterocycles. The first-order valence-corrected chi connectivity index (χ1v) is 3.09. The smallest absolute Gasteiger partial charge is 0.267 e. The van der Waals surface area contributed by atoms with E-state index in [1.165, 1.54) is 0 Å². The van der Waals surface area contributed by atoms with Gasteiger partial charge < -0.3 is 0 Å². The monoisotopic (exact) mass is 166 g/mol. The van der Waals surface area contributed by atoms with E-state index < -0.39 is 15.6 Å². The van der Waals surface area contributed by atoms with E-state index in [1.807, 2.05) is 0 Å². The van der Waals surface area contributed by atoms with E-state index in [9.17, 15) is 21.6 Å². The fraction of sp³-hybridized carbons (Fsp3) is 1.00. The van der Waals surface area contributed by atoms with Crippen molar-refractivity contribution in [2.45, 2.75) is 5.51 Å². The highest BCUT2D eigenvalue weighted by molar-refractivity contribution is 7.87. The number of alkyl halides is 3. The van der Waals surface area contributed by atoms with Gasteiger partial charge in [-0.05, 0) is 0 Å². The van der Waals surface area contributed by atoms with Crippen molar-refractivity contribution in [3.63, 3.8) is 0 Å². The minimum absolute atomic E-state index is 0. The zero-order chi connectivity index (χ0) is 7.71. The van der Waals surface area contributed by atoms with Gasteiger partial charge in [0.2, 0.25) is 0 Å². The first-order chi connectivity index (χ1) is 3.81. The minimum atomic E-state index is -5.34. The minimum Gasteiger partial charge on any atom is -0.267 e. The predicted octanol–water partition coefficient (Wildman–Crippen LogP) is 0.595. The van der Waals surface area contributed by atoms with Crippen LogP contribution in [-0.2, 0) is 14.3 Å². The lowest BCUT2D eigenvalue weighted by molar-refractivity contribution is -0.0526. The van der Waals surface area contributed by atoms with Crippen LogP contribution in [0.3, 0.4) is 0 Å². The SMILES string of the molecule is COS(=O)(=O)C(F)(F)F.[2H]. The number of hydrogen-bond donors (Lipinski definition) is 0. The van der Waals surface area contributed by atoms with Crippen molar-refractivity contribution < 1.29 is 27.2 Å². The molecule has 0 aliphatic heterocycles. The summed E-state index contributed by atoms with van der Waals surface area (Å²) in [5.41, 5.74) is -5.30. The third-order valence-electron chi connectivity index (χ3n) is 0.503. The first kappa shape index (κ1) is 8.70. The molecule has 9 heavy (non-hydrogen) atoms. The fourth-order valence-corrected chi connectivity index (χ4v) is 0.283. The molecular formula is C2H4F3O3S. The summed E-state index contributed by atoms with van der Waals surface area (Å²) < 4.78 is 55.9. The standard InChI is InChI=1S/C2H3F3O3S.H/c1-8-9(6,7)2(3,4)5;/h1H3;/i;1+1. The molecule has 0 aliphatic carbocycles. The van der Waals surface area contributed by atoms with Crippen molar-refractivity contribution in [3.8, 4) is 0 Å². The van der Waals surface area contributed by atoms with Crippen LogP contribution in [-0.4, -0.2) is 21.0 Å². The first-order valence-electron chi connectivity index (χ1n) is 1.68. The van der Waals surface area contributed by atoms with Crippen LogP contribution < -0.4 is 0 Å². The van der Waals surface area contributed by atoms with Crippen molar-refractivity contribution in [1.82, 2.24) is 0 Å². The predicted molar refractivity (Wildman–Crippen MR) is 23.1 cm³/mol. The Labute approximate surface area is 51.0 Å². The maximum atomic E-state index is 11.1. The topological polar surface area (TPSA) is 43.4 Å². The normalized spacial score (nSPS) is 13.8. The highest BCUT2D eigenvalue weighted by Gasteiger charge is 2.46. The second-order valence-corrected chi connectivity index (χ2v) is 2.77. The summed E-state index contributed by atoms with van der Waals surface area (Å²) in [6, 6.07) is 0. The molecule has 57 valence electrons. The van der Waals surface area contributed by atoms with Gasteiger partial charge >= 0.3 is 15.6 Å². The number of halogens is 3. The average Bonchev–Trinajstić information content (AvgIpc) is 1.64. The van der Waals surface area contributed by atoms with E-state index in [1.54, 1.807) is 0 Å². The Bertz CT molecular complexity index is 182. The highest BCUT2D eigenvalue weighted by Crippen LogP contribution is 2.23. The fourth-order valence-electron chi connectivity index (χ4n) is 0.0945. The van der Waals surface area contributed by atoms with E-state index in [0.717, 1.165) is 0 Å². The van der Waals surface area contributed by atoms with Gasteiger partial charge in [0.15, 0.2) is 0 Å². The number of hydrogen-bond acceptors (Lipinski definition) is 3. The van der Waals surface area contributed by atoms with Crippen LogP contribution in [0.1, 0.15) is 1.43 Å². The summed E-state index contributed by atoms with van der Waals surface area (Å²) >= 11 is 0. The summed E-state index contributed by atoms with van der Waals surface area (Å²) in [5.74, 6) is 0. The molecule has 0 spiro atoms. The molecule has 0 fully saturated rings. The van der Waals surface area contributed by atoms with Crippen molar-refractivity contribution in [1.29, 1.82) is 0 Å². The zero-order valence-electron chi connectivity index (χ0n) is 5.27. The largest absolute Gasteiger partial charge is 0.523 e. The Morgan fingerprint density at radius 2 is 1.78 bits per heavy atom. The van der Waals surface area contributed by atoms with Crippen LogP contribution >= 0.6 is 0 Å². The molecule has 3 nitrogen and oxygen atoms in total. The van der Waals surface area contributed by atoms with E-state index in [2.05, 4.69) is 4.18 Å². The molecule has 0 rings (SSSR count). The lowest BCUT2D eigenvalue weighted by Gasteiger charge is -2.02. The molecule has 7 heteroatoms. The molecule has 0 amide bonds. The third kappa shape index (κ3) is 1.83. The van der Waals surface area contributed by atoms with Gasteiger partial charge in [-0.25, -0.2) is 0 Å². The van der Waals surface area contributed by atoms with Crippen LogP contribution in [0.25, 0.3) is 0 Å². The second kappa shape index (κ2) is 2.14. The third-order valence-corrected chi connectivity index (χ3v) is 1.51. The van der Waals surface area contributed by atoms with Gasteiger partial charge in [0.25, 0.3) is 0 Å². The zero-order valence-corrected chi connectivity index (χ0v) is 5.08. The molecule has 1 radical (unpaired) electrons. The van der Waals surface area contributed by atoms with Crippen LogP contribution in [0.5, 0.6) is 0 Å². The lowest BCUT2D eigenvalue weighted by atomic mass is 11.6. The molecule has 0 atom stereocenters. The summed E-state index contributed by atoms with van der Waals surface area (Å²) in [7, 11) is -4.89. The van der Waals surface area contributed by atoms with Crippen LogP contribution in [0.15, 0.2) is 0 Å². The quantitative estimate of drug-likeness (QED) is 0.423. The van der Waals surface area contributed by atoms with Crippen molar-refractivity contribution in [2.24, 2.45) is 0 Å². The van der Waals surface area contributed by atoms with Gasteiger partial charge in [-0.3, -0.25) is 4.18 Å². The van der Waals surface area contributed by atoms with Crippen LogP contribution in [0.4, 0.5) is 13.2 Å². The Hall–Kier alpha value is -0.300. The summed E-state index contributed by atoms with van der Waals surface area (Å²) in [5, 5.41) is 0. The van der Waals surface area contributed by atoms with E-state index in [4.69, 9.17) is 0 Å². The molecule has 0 N–H and O–H groups in total. The molecule has 0 bridgehead atoms. The van der Waals surface area contributed by atoms with Crippen LogP contribution in [0, 0.1) is 0 Å². The van der Waals surface area contributed by atoms with Gasteiger partial charge in [-0.2, -0.15) is 21.6 Å². The summed E-state index contributed by atoms with van der Waals surface area (Å²) in [4.78, 5) is 0. The maximum Gasteiger partial charge on any atom is 0.523 e. The van der Waals surface area contributed by atoms with Gasteiger partial charge in [0, 0.05) is 1.43 Å². The van der Waals surface area contributed by atoms with Gasteiger partial charge in [0.05, 0.1) is 7.11 Å². The summed E-state index contributed by atoms with van der Waals surface area (Å²) in [6.07, 6.45) is 0. The molecule has 0 unspecified atom stereocenters. The molecule has 0 aromatic carbocycles. The van der Waals surface area contributed by atoms with E-state index in [-0.39, 0.29) is 1.43 Å². The second-order valence-electron chi connectivity index (χ2n) is 1.07. The Morgan fingerprint density at radius 3 is 1.78 bits per heavy atom. The van der Waals surface area contributed by atoms with E-state index in [0.29, 0.717) is 7.11 Å². The molecular weight excluding hydrogens is 161 g/mol.